The molecule has 2 rings (SSSR count). The number of nitrogens with one attached hydrogen (secondary N) is 1. The van der Waals surface area contributed by atoms with Gasteiger partial charge in [-0.2, -0.15) is 11.8 Å². The van der Waals surface area contributed by atoms with Crippen LogP contribution in [-0.2, 0) is 24.3 Å². The first kappa shape index (κ1) is 23.5. The highest BCUT2D eigenvalue weighted by Gasteiger charge is 2.27. The second kappa shape index (κ2) is 10.3. The van der Waals surface area contributed by atoms with E-state index < -0.39 is 10.0 Å². The first-order valence-electron chi connectivity index (χ1n) is 8.98. The van der Waals surface area contributed by atoms with Crippen LogP contribution in [-0.4, -0.2) is 88.5 Å². The largest absolute Gasteiger partial charge is 0.495 e. The predicted molar refractivity (Wildman–Crippen MR) is 112 cm³/mol. The molecule has 1 N–H and O–H groups in total. The third-order valence-corrected chi connectivity index (χ3v) is 7.45. The van der Waals surface area contributed by atoms with Gasteiger partial charge in [0.1, 0.15) is 5.75 Å². The van der Waals surface area contributed by atoms with Crippen molar-refractivity contribution < 1.29 is 27.5 Å². The van der Waals surface area contributed by atoms with Crippen molar-refractivity contribution in [1.29, 1.82) is 0 Å². The quantitative estimate of drug-likeness (QED) is 0.588. The van der Waals surface area contributed by atoms with Crippen LogP contribution in [0.15, 0.2) is 23.1 Å². The lowest BCUT2D eigenvalue weighted by molar-refractivity contribution is -0.142. The standard InChI is InChI=1S/C18H27N3O6S2/c1-20(2)29(24,25)14-5-6-16(26-3)15(10-14)19-17(22)11-21-7-8-28-12-13(21)9-18(23)27-4/h5-6,10,13H,7-9,11-12H2,1-4H3,(H,19,22)/t13-/m0/s1. The topological polar surface area (TPSA) is 105 Å². The molecule has 0 radical (unpaired) electrons. The minimum atomic E-state index is -3.65. The summed E-state index contributed by atoms with van der Waals surface area (Å²) in [5.74, 6) is 1.33. The van der Waals surface area contributed by atoms with E-state index in [1.807, 2.05) is 4.90 Å². The number of amides is 1. The van der Waals surface area contributed by atoms with Gasteiger partial charge in [-0.25, -0.2) is 12.7 Å². The summed E-state index contributed by atoms with van der Waals surface area (Å²) < 4.78 is 35.9. The van der Waals surface area contributed by atoms with Crippen molar-refractivity contribution >= 4 is 39.3 Å². The summed E-state index contributed by atoms with van der Waals surface area (Å²) in [7, 11) is 2.01. The van der Waals surface area contributed by atoms with Gasteiger partial charge in [-0.3, -0.25) is 14.5 Å². The molecule has 0 aliphatic carbocycles. The van der Waals surface area contributed by atoms with Crippen molar-refractivity contribution in [2.75, 3.05) is 58.2 Å². The Hall–Kier alpha value is -1.82. The first-order valence-corrected chi connectivity index (χ1v) is 11.6. The third kappa shape index (κ3) is 6.08. The Morgan fingerprint density at radius 1 is 1.31 bits per heavy atom. The molecule has 1 heterocycles. The molecule has 1 aliphatic rings. The van der Waals surface area contributed by atoms with Crippen molar-refractivity contribution in [2.45, 2.75) is 17.4 Å². The number of hydrogen-bond donors (Lipinski definition) is 1. The van der Waals surface area contributed by atoms with Crippen LogP contribution in [0.25, 0.3) is 0 Å². The normalized spacial score (nSPS) is 17.8. The maximum atomic E-state index is 12.7. The second-order valence-electron chi connectivity index (χ2n) is 6.68. The van der Waals surface area contributed by atoms with E-state index in [4.69, 9.17) is 9.47 Å². The molecule has 1 amide bonds. The summed E-state index contributed by atoms with van der Waals surface area (Å²) >= 11 is 1.73. The number of anilines is 1. The Bertz CT molecular complexity index is 844. The fourth-order valence-corrected chi connectivity index (χ4v) is 4.95. The van der Waals surface area contributed by atoms with Crippen molar-refractivity contribution in [2.24, 2.45) is 0 Å². The molecule has 0 saturated carbocycles. The summed E-state index contributed by atoms with van der Waals surface area (Å²) in [6.07, 6.45) is 0.219. The van der Waals surface area contributed by atoms with Crippen molar-refractivity contribution in [1.82, 2.24) is 9.21 Å². The van der Waals surface area contributed by atoms with E-state index in [-0.39, 0.29) is 41.5 Å². The summed E-state index contributed by atoms with van der Waals surface area (Å²) in [5, 5.41) is 2.74. The van der Waals surface area contributed by atoms with E-state index in [0.29, 0.717) is 12.3 Å². The zero-order chi connectivity index (χ0) is 21.6. The van der Waals surface area contributed by atoms with Gasteiger partial charge in [0, 0.05) is 38.2 Å². The number of carbonyl (C=O) groups excluding carboxylic acids is 2. The molecule has 9 nitrogen and oxygen atoms in total. The molecule has 0 spiro atoms. The average molecular weight is 446 g/mol. The molecule has 29 heavy (non-hydrogen) atoms. The Kier molecular flexibility index (Phi) is 8.32. The molecule has 1 fully saturated rings. The van der Waals surface area contributed by atoms with Crippen LogP contribution in [0.3, 0.4) is 0 Å². The van der Waals surface area contributed by atoms with Gasteiger partial charge in [0.15, 0.2) is 0 Å². The van der Waals surface area contributed by atoms with E-state index in [0.717, 1.165) is 15.8 Å². The molecule has 162 valence electrons. The number of ether oxygens (including phenoxy) is 2. The molecule has 1 aromatic carbocycles. The Morgan fingerprint density at radius 3 is 2.66 bits per heavy atom. The fourth-order valence-electron chi connectivity index (χ4n) is 2.89. The molecule has 11 heteroatoms. The van der Waals surface area contributed by atoms with Crippen LogP contribution in [0, 0.1) is 0 Å². The van der Waals surface area contributed by atoms with Crippen LogP contribution >= 0.6 is 11.8 Å². The van der Waals surface area contributed by atoms with E-state index in [2.05, 4.69) is 5.32 Å². The maximum absolute atomic E-state index is 12.7. The number of carbonyl (C=O) groups is 2. The van der Waals surface area contributed by atoms with Gasteiger partial charge in [-0.1, -0.05) is 0 Å². The number of esters is 1. The molecule has 1 aliphatic heterocycles. The molecule has 0 unspecified atom stereocenters. The van der Waals surface area contributed by atoms with Gasteiger partial charge in [0.2, 0.25) is 15.9 Å². The van der Waals surface area contributed by atoms with Gasteiger partial charge in [0.25, 0.3) is 0 Å². The van der Waals surface area contributed by atoms with Crippen molar-refractivity contribution in [3.63, 3.8) is 0 Å². The number of sulfonamides is 1. The number of methoxy groups -OCH3 is 2. The van der Waals surface area contributed by atoms with Gasteiger partial charge in [0.05, 0.1) is 37.8 Å². The van der Waals surface area contributed by atoms with E-state index in [1.54, 1.807) is 11.8 Å². The molecule has 0 aromatic heterocycles. The molecule has 1 saturated heterocycles. The minimum Gasteiger partial charge on any atom is -0.495 e. The number of thioether (sulfide) groups is 1. The molecule has 1 aromatic rings. The predicted octanol–water partition coefficient (Wildman–Crippen LogP) is 0.865. The molecular formula is C18H27N3O6S2. The Morgan fingerprint density at radius 2 is 2.03 bits per heavy atom. The van der Waals surface area contributed by atoms with Gasteiger partial charge in [-0.05, 0) is 18.2 Å². The molecule has 0 bridgehead atoms. The van der Waals surface area contributed by atoms with Gasteiger partial charge in [-0.15, -0.1) is 0 Å². The summed E-state index contributed by atoms with van der Waals surface area (Å²) in [4.78, 5) is 26.3. The van der Waals surface area contributed by atoms with Crippen LogP contribution < -0.4 is 10.1 Å². The van der Waals surface area contributed by atoms with E-state index in [1.165, 1.54) is 46.5 Å². The zero-order valence-corrected chi connectivity index (χ0v) is 18.6. The molecular weight excluding hydrogens is 418 g/mol. The Labute approximate surface area is 175 Å². The lowest BCUT2D eigenvalue weighted by atomic mass is 10.2. The van der Waals surface area contributed by atoms with Crippen LogP contribution in [0.1, 0.15) is 6.42 Å². The molecule has 1 atom stereocenters. The summed E-state index contributed by atoms with van der Waals surface area (Å²) in [6, 6.07) is 4.22. The number of nitrogens with zero attached hydrogens (tertiary/aromatic N) is 2. The lowest BCUT2D eigenvalue weighted by Gasteiger charge is -2.34. The van der Waals surface area contributed by atoms with Gasteiger partial charge >= 0.3 is 5.97 Å². The van der Waals surface area contributed by atoms with Crippen molar-refractivity contribution in [3.8, 4) is 5.75 Å². The maximum Gasteiger partial charge on any atom is 0.307 e. The van der Waals surface area contributed by atoms with Crippen LogP contribution in [0.2, 0.25) is 0 Å². The van der Waals surface area contributed by atoms with Gasteiger partial charge < -0.3 is 14.8 Å². The summed E-state index contributed by atoms with van der Waals surface area (Å²) in [5.41, 5.74) is 0.274. The minimum absolute atomic E-state index is 0.0524. The van der Waals surface area contributed by atoms with Crippen LogP contribution in [0.4, 0.5) is 5.69 Å². The smallest absolute Gasteiger partial charge is 0.307 e. The lowest BCUT2D eigenvalue weighted by Crippen LogP contribution is -2.47. The van der Waals surface area contributed by atoms with E-state index in [9.17, 15) is 18.0 Å². The number of hydrogen-bond acceptors (Lipinski definition) is 8. The zero-order valence-electron chi connectivity index (χ0n) is 17.0. The third-order valence-electron chi connectivity index (χ3n) is 4.55. The SMILES string of the molecule is COC(=O)C[C@H]1CSCCN1CC(=O)Nc1cc(S(=O)(=O)N(C)C)ccc1OC. The van der Waals surface area contributed by atoms with Crippen molar-refractivity contribution in [3.05, 3.63) is 18.2 Å². The fraction of sp³-hybridized carbons (Fsp3) is 0.556. The highest BCUT2D eigenvalue weighted by Crippen LogP contribution is 2.28. The highest BCUT2D eigenvalue weighted by atomic mass is 32.2. The Balaban J connectivity index is 2.15. The average Bonchev–Trinajstić information content (AvgIpc) is 2.69. The number of benzene rings is 1. The van der Waals surface area contributed by atoms with Crippen LogP contribution in [0.5, 0.6) is 5.75 Å². The van der Waals surface area contributed by atoms with E-state index >= 15 is 0 Å². The number of rotatable bonds is 8. The summed E-state index contributed by atoms with van der Waals surface area (Å²) in [6.45, 7) is 0.752. The highest BCUT2D eigenvalue weighted by molar-refractivity contribution is 7.99. The monoisotopic (exact) mass is 445 g/mol. The first-order chi connectivity index (χ1) is 13.7. The second-order valence-corrected chi connectivity index (χ2v) is 9.98.